The van der Waals surface area contributed by atoms with E-state index in [1.807, 2.05) is 4.90 Å². The van der Waals surface area contributed by atoms with Crippen molar-refractivity contribution in [3.63, 3.8) is 0 Å². The van der Waals surface area contributed by atoms with E-state index >= 15 is 0 Å². The fourth-order valence-corrected chi connectivity index (χ4v) is 2.75. The molecule has 0 bridgehead atoms. The van der Waals surface area contributed by atoms with Crippen LogP contribution in [-0.4, -0.2) is 17.4 Å². The number of hydrogen-bond acceptors (Lipinski definition) is 1. The first-order valence-electron chi connectivity index (χ1n) is 7.51. The topological polar surface area (TPSA) is 20.3 Å². The highest BCUT2D eigenvalue weighted by Gasteiger charge is 2.16. The Morgan fingerprint density at radius 3 is 2.74 bits per heavy atom. The van der Waals surface area contributed by atoms with Crippen LogP contribution in [0.2, 0.25) is 0 Å². The zero-order valence-electron chi connectivity index (χ0n) is 12.2. The van der Waals surface area contributed by atoms with Crippen LogP contribution >= 0.6 is 0 Å². The van der Waals surface area contributed by atoms with Gasteiger partial charge in [0, 0.05) is 19.5 Å². The Balaban J connectivity index is 2.03. The maximum Gasteiger partial charge on any atom is 0.222 e. The quantitative estimate of drug-likeness (QED) is 0.805. The highest BCUT2D eigenvalue weighted by Crippen LogP contribution is 2.16. The van der Waals surface area contributed by atoms with Crippen molar-refractivity contribution in [2.45, 2.75) is 52.5 Å². The second-order valence-corrected chi connectivity index (χ2v) is 6.04. The van der Waals surface area contributed by atoms with Gasteiger partial charge in [0.2, 0.25) is 5.91 Å². The molecular formula is C17H25NO. The van der Waals surface area contributed by atoms with Crippen molar-refractivity contribution >= 4 is 5.91 Å². The lowest BCUT2D eigenvalue weighted by atomic mass is 10.0. The van der Waals surface area contributed by atoms with Gasteiger partial charge in [-0.1, -0.05) is 44.5 Å². The predicted molar refractivity (Wildman–Crippen MR) is 78.9 cm³/mol. The molecule has 1 fully saturated rings. The molecule has 0 aromatic heterocycles. The van der Waals surface area contributed by atoms with Crippen LogP contribution in [0.4, 0.5) is 0 Å². The van der Waals surface area contributed by atoms with Gasteiger partial charge in [-0.05, 0) is 36.3 Å². The van der Waals surface area contributed by atoms with E-state index in [4.69, 9.17) is 0 Å². The number of amides is 1. The third-order valence-electron chi connectivity index (χ3n) is 3.68. The monoisotopic (exact) mass is 259 g/mol. The van der Waals surface area contributed by atoms with Gasteiger partial charge in [0.1, 0.15) is 0 Å². The largest absolute Gasteiger partial charge is 0.338 e. The molecule has 0 unspecified atom stereocenters. The summed E-state index contributed by atoms with van der Waals surface area (Å²) < 4.78 is 0. The molecule has 104 valence electrons. The van der Waals surface area contributed by atoms with Crippen LogP contribution in [0.25, 0.3) is 0 Å². The highest BCUT2D eigenvalue weighted by atomic mass is 16.2. The maximum atomic E-state index is 12.0. The summed E-state index contributed by atoms with van der Waals surface area (Å²) >= 11 is 0. The van der Waals surface area contributed by atoms with Crippen molar-refractivity contribution in [1.82, 2.24) is 4.90 Å². The summed E-state index contributed by atoms with van der Waals surface area (Å²) in [4.78, 5) is 14.0. The van der Waals surface area contributed by atoms with Crippen molar-refractivity contribution < 1.29 is 4.79 Å². The summed E-state index contributed by atoms with van der Waals surface area (Å²) in [5.74, 6) is 1.00. The van der Waals surface area contributed by atoms with Gasteiger partial charge in [-0.3, -0.25) is 4.79 Å². The van der Waals surface area contributed by atoms with Gasteiger partial charge >= 0.3 is 0 Å². The third kappa shape index (κ3) is 4.38. The molecule has 1 saturated heterocycles. The second-order valence-electron chi connectivity index (χ2n) is 6.04. The van der Waals surface area contributed by atoms with E-state index in [2.05, 4.69) is 38.1 Å². The molecule has 1 aromatic carbocycles. The van der Waals surface area contributed by atoms with Crippen LogP contribution in [0.1, 0.15) is 50.7 Å². The smallest absolute Gasteiger partial charge is 0.222 e. The Morgan fingerprint density at radius 2 is 1.95 bits per heavy atom. The molecule has 2 rings (SSSR count). The number of carbonyl (C=O) groups excluding carboxylic acids is 1. The highest BCUT2D eigenvalue weighted by molar-refractivity contribution is 5.76. The van der Waals surface area contributed by atoms with Gasteiger partial charge in [0.15, 0.2) is 0 Å². The van der Waals surface area contributed by atoms with E-state index in [9.17, 15) is 4.79 Å². The van der Waals surface area contributed by atoms with Crippen LogP contribution < -0.4 is 0 Å². The van der Waals surface area contributed by atoms with E-state index < -0.39 is 0 Å². The minimum absolute atomic E-state index is 0.326. The maximum absolute atomic E-state index is 12.0. The molecule has 1 heterocycles. The Hall–Kier alpha value is -1.31. The normalized spacial score (nSPS) is 16.8. The van der Waals surface area contributed by atoms with Gasteiger partial charge in [-0.15, -0.1) is 0 Å². The summed E-state index contributed by atoms with van der Waals surface area (Å²) in [5, 5.41) is 0. The van der Waals surface area contributed by atoms with Gasteiger partial charge < -0.3 is 4.90 Å². The molecule has 1 amide bonds. The fourth-order valence-electron chi connectivity index (χ4n) is 2.75. The molecule has 2 nitrogen and oxygen atoms in total. The molecule has 0 N–H and O–H groups in total. The SMILES string of the molecule is CC(C)Cc1cccc(CN2CCCCCC2=O)c1. The molecule has 1 aromatic rings. The van der Waals surface area contributed by atoms with Crippen molar-refractivity contribution in [3.05, 3.63) is 35.4 Å². The summed E-state index contributed by atoms with van der Waals surface area (Å²) in [6.07, 6.45) is 5.24. The first kappa shape index (κ1) is 14.1. The molecular weight excluding hydrogens is 234 g/mol. The summed E-state index contributed by atoms with van der Waals surface area (Å²) in [6.45, 7) is 6.19. The molecule has 0 aliphatic carbocycles. The Labute approximate surface area is 116 Å². The Kier molecular flexibility index (Phi) is 5.00. The van der Waals surface area contributed by atoms with Crippen LogP contribution in [0.15, 0.2) is 24.3 Å². The number of likely N-dealkylation sites (tertiary alicyclic amines) is 1. The van der Waals surface area contributed by atoms with Crippen LogP contribution in [0.3, 0.4) is 0 Å². The fraction of sp³-hybridized carbons (Fsp3) is 0.588. The lowest BCUT2D eigenvalue weighted by molar-refractivity contribution is -0.131. The molecule has 1 aliphatic heterocycles. The first-order chi connectivity index (χ1) is 9.15. The minimum atomic E-state index is 0.326. The van der Waals surface area contributed by atoms with Crippen molar-refractivity contribution in [2.24, 2.45) is 5.92 Å². The standard InChI is InChI=1S/C17H25NO/c1-14(2)11-15-7-6-8-16(12-15)13-18-10-5-3-4-9-17(18)19/h6-8,12,14H,3-5,9-11,13H2,1-2H3. The molecule has 0 radical (unpaired) electrons. The molecule has 2 heteroatoms. The zero-order chi connectivity index (χ0) is 13.7. The number of nitrogens with zero attached hydrogens (tertiary/aromatic N) is 1. The number of rotatable bonds is 4. The predicted octanol–water partition coefficient (Wildman–Crippen LogP) is 3.79. The van der Waals surface area contributed by atoms with Crippen LogP contribution in [-0.2, 0) is 17.8 Å². The molecule has 0 spiro atoms. The summed E-state index contributed by atoms with van der Waals surface area (Å²) in [7, 11) is 0. The van der Waals surface area contributed by atoms with Gasteiger partial charge in [0.05, 0.1) is 0 Å². The van der Waals surface area contributed by atoms with E-state index in [1.165, 1.54) is 17.5 Å². The van der Waals surface area contributed by atoms with Crippen molar-refractivity contribution in [1.29, 1.82) is 0 Å². The van der Waals surface area contributed by atoms with Crippen molar-refractivity contribution in [2.75, 3.05) is 6.54 Å². The van der Waals surface area contributed by atoms with Gasteiger partial charge in [-0.2, -0.15) is 0 Å². The third-order valence-corrected chi connectivity index (χ3v) is 3.68. The Morgan fingerprint density at radius 1 is 1.16 bits per heavy atom. The van der Waals surface area contributed by atoms with E-state index in [-0.39, 0.29) is 0 Å². The Bertz CT molecular complexity index is 425. The van der Waals surface area contributed by atoms with Crippen molar-refractivity contribution in [3.8, 4) is 0 Å². The van der Waals surface area contributed by atoms with E-state index in [1.54, 1.807) is 0 Å². The van der Waals surface area contributed by atoms with E-state index in [0.29, 0.717) is 11.8 Å². The number of carbonyl (C=O) groups is 1. The minimum Gasteiger partial charge on any atom is -0.338 e. The lowest BCUT2D eigenvalue weighted by Gasteiger charge is -2.21. The molecule has 0 atom stereocenters. The second kappa shape index (κ2) is 6.74. The van der Waals surface area contributed by atoms with Crippen LogP contribution in [0, 0.1) is 5.92 Å². The van der Waals surface area contributed by atoms with E-state index in [0.717, 1.165) is 38.8 Å². The molecule has 19 heavy (non-hydrogen) atoms. The first-order valence-corrected chi connectivity index (χ1v) is 7.51. The van der Waals surface area contributed by atoms with Gasteiger partial charge in [0.25, 0.3) is 0 Å². The summed E-state index contributed by atoms with van der Waals surface area (Å²) in [5.41, 5.74) is 2.66. The van der Waals surface area contributed by atoms with Crippen LogP contribution in [0.5, 0.6) is 0 Å². The van der Waals surface area contributed by atoms with Gasteiger partial charge in [-0.25, -0.2) is 0 Å². The number of hydrogen-bond donors (Lipinski definition) is 0. The average molecular weight is 259 g/mol. The average Bonchev–Trinajstić information content (AvgIpc) is 2.55. The molecule has 0 saturated carbocycles. The molecule has 1 aliphatic rings. The lowest BCUT2D eigenvalue weighted by Crippen LogP contribution is -2.29. The summed E-state index contributed by atoms with van der Waals surface area (Å²) in [6, 6.07) is 8.71. The number of benzene rings is 1. The zero-order valence-corrected chi connectivity index (χ0v) is 12.2.